The highest BCUT2D eigenvalue weighted by Crippen LogP contribution is 2.28. The zero-order chi connectivity index (χ0) is 11.6. The minimum absolute atomic E-state index is 0.237. The Labute approximate surface area is 98.7 Å². The van der Waals surface area contributed by atoms with Crippen LogP contribution in [0.5, 0.6) is 0 Å². The summed E-state index contributed by atoms with van der Waals surface area (Å²) in [6.45, 7) is 6.80. The number of allylic oxidation sites excluding steroid dienone is 4. The van der Waals surface area contributed by atoms with Crippen LogP contribution in [-0.4, -0.2) is 0 Å². The van der Waals surface area contributed by atoms with Crippen LogP contribution in [0.25, 0.3) is 5.57 Å². The van der Waals surface area contributed by atoms with Crippen molar-refractivity contribution in [1.29, 1.82) is 0 Å². The first-order valence-corrected chi connectivity index (χ1v) is 6.04. The monoisotopic (exact) mass is 212 g/mol. The van der Waals surface area contributed by atoms with Crippen molar-refractivity contribution in [3.05, 3.63) is 53.6 Å². The third-order valence-electron chi connectivity index (χ3n) is 3.11. The highest BCUT2D eigenvalue weighted by Gasteiger charge is 2.14. The van der Waals surface area contributed by atoms with Crippen LogP contribution in [0.2, 0.25) is 0 Å². The molecule has 0 N–H and O–H groups in total. The molecule has 0 unspecified atom stereocenters. The summed E-state index contributed by atoms with van der Waals surface area (Å²) in [6.07, 6.45) is 8.99. The van der Waals surface area contributed by atoms with Gasteiger partial charge in [-0.05, 0) is 35.0 Å². The molecule has 1 aromatic rings. The SMILES string of the molecule is CC(C)(C)c1cccc(C2=CC=CCC2)c1. The van der Waals surface area contributed by atoms with Gasteiger partial charge in [0.25, 0.3) is 0 Å². The Kier molecular flexibility index (Phi) is 3.00. The molecular weight excluding hydrogens is 192 g/mol. The van der Waals surface area contributed by atoms with E-state index in [9.17, 15) is 0 Å². The van der Waals surface area contributed by atoms with E-state index in [-0.39, 0.29) is 5.41 Å². The van der Waals surface area contributed by atoms with Crippen LogP contribution < -0.4 is 0 Å². The molecule has 0 nitrogen and oxygen atoms in total. The van der Waals surface area contributed by atoms with Gasteiger partial charge in [0.05, 0.1) is 0 Å². The first kappa shape index (κ1) is 11.2. The maximum Gasteiger partial charge on any atom is -0.0132 e. The lowest BCUT2D eigenvalue weighted by Crippen LogP contribution is -2.11. The van der Waals surface area contributed by atoms with Crippen molar-refractivity contribution in [2.45, 2.75) is 39.0 Å². The van der Waals surface area contributed by atoms with Gasteiger partial charge < -0.3 is 0 Å². The van der Waals surface area contributed by atoms with E-state index in [0.717, 1.165) is 0 Å². The summed E-state index contributed by atoms with van der Waals surface area (Å²) in [5.74, 6) is 0. The van der Waals surface area contributed by atoms with Crippen molar-refractivity contribution >= 4 is 5.57 Å². The van der Waals surface area contributed by atoms with Gasteiger partial charge in [-0.1, -0.05) is 63.3 Å². The van der Waals surface area contributed by atoms with Gasteiger partial charge in [0.15, 0.2) is 0 Å². The molecule has 1 aromatic carbocycles. The molecule has 2 rings (SSSR count). The summed E-state index contributed by atoms with van der Waals surface area (Å²) in [7, 11) is 0. The van der Waals surface area contributed by atoms with Crippen molar-refractivity contribution in [2.24, 2.45) is 0 Å². The minimum atomic E-state index is 0.237. The predicted molar refractivity (Wildman–Crippen MR) is 71.5 cm³/mol. The molecule has 84 valence electrons. The lowest BCUT2D eigenvalue weighted by molar-refractivity contribution is 0.590. The molecular formula is C16H20. The molecule has 0 heterocycles. The van der Waals surface area contributed by atoms with Crippen LogP contribution in [-0.2, 0) is 5.41 Å². The standard InChI is InChI=1S/C16H20/c1-16(2,3)15-11-7-10-14(12-15)13-8-5-4-6-9-13/h4-5,7-8,10-12H,6,9H2,1-3H3. The maximum atomic E-state index is 2.34. The molecule has 0 radical (unpaired) electrons. The van der Waals surface area contributed by atoms with E-state index in [0.29, 0.717) is 0 Å². The normalized spacial score (nSPS) is 16.1. The molecule has 0 saturated heterocycles. The molecule has 0 aromatic heterocycles. The lowest BCUT2D eigenvalue weighted by Gasteiger charge is -2.20. The Morgan fingerprint density at radius 3 is 2.56 bits per heavy atom. The van der Waals surface area contributed by atoms with Crippen LogP contribution in [0.15, 0.2) is 42.5 Å². The molecule has 16 heavy (non-hydrogen) atoms. The molecule has 1 aliphatic rings. The van der Waals surface area contributed by atoms with Gasteiger partial charge in [-0.2, -0.15) is 0 Å². The Balaban J connectivity index is 2.36. The number of hydrogen-bond acceptors (Lipinski definition) is 0. The van der Waals surface area contributed by atoms with E-state index in [2.05, 4.69) is 63.3 Å². The van der Waals surface area contributed by atoms with E-state index in [1.165, 1.54) is 29.5 Å². The Morgan fingerprint density at radius 1 is 1.12 bits per heavy atom. The summed E-state index contributed by atoms with van der Waals surface area (Å²) in [5, 5.41) is 0. The van der Waals surface area contributed by atoms with Crippen molar-refractivity contribution < 1.29 is 0 Å². The molecule has 0 amide bonds. The fourth-order valence-electron chi connectivity index (χ4n) is 2.03. The fraction of sp³-hybridized carbons (Fsp3) is 0.375. The van der Waals surface area contributed by atoms with Gasteiger partial charge in [-0.15, -0.1) is 0 Å². The molecule has 0 atom stereocenters. The Bertz CT molecular complexity index is 428. The second-order valence-corrected chi connectivity index (χ2v) is 5.49. The van der Waals surface area contributed by atoms with Crippen molar-refractivity contribution in [1.82, 2.24) is 0 Å². The zero-order valence-corrected chi connectivity index (χ0v) is 10.5. The van der Waals surface area contributed by atoms with Crippen LogP contribution in [0.4, 0.5) is 0 Å². The minimum Gasteiger partial charge on any atom is -0.0842 e. The van der Waals surface area contributed by atoms with Crippen LogP contribution >= 0.6 is 0 Å². The highest BCUT2D eigenvalue weighted by molar-refractivity contribution is 5.68. The highest BCUT2D eigenvalue weighted by atomic mass is 14.2. The van der Waals surface area contributed by atoms with E-state index in [4.69, 9.17) is 0 Å². The van der Waals surface area contributed by atoms with Gasteiger partial charge in [0.2, 0.25) is 0 Å². The van der Waals surface area contributed by atoms with E-state index >= 15 is 0 Å². The molecule has 0 heteroatoms. The molecule has 0 aliphatic heterocycles. The summed E-state index contributed by atoms with van der Waals surface area (Å²) < 4.78 is 0. The molecule has 0 saturated carbocycles. The van der Waals surface area contributed by atoms with Gasteiger partial charge in [-0.3, -0.25) is 0 Å². The van der Waals surface area contributed by atoms with Crippen molar-refractivity contribution in [3.8, 4) is 0 Å². The Morgan fingerprint density at radius 2 is 1.94 bits per heavy atom. The van der Waals surface area contributed by atoms with Gasteiger partial charge in [0, 0.05) is 0 Å². The molecule has 0 bridgehead atoms. The summed E-state index contributed by atoms with van der Waals surface area (Å²) >= 11 is 0. The first-order valence-electron chi connectivity index (χ1n) is 6.04. The van der Waals surface area contributed by atoms with Gasteiger partial charge >= 0.3 is 0 Å². The van der Waals surface area contributed by atoms with E-state index in [1.54, 1.807) is 0 Å². The largest absolute Gasteiger partial charge is 0.0842 e. The van der Waals surface area contributed by atoms with Crippen molar-refractivity contribution in [3.63, 3.8) is 0 Å². The molecule has 1 aliphatic carbocycles. The summed E-state index contributed by atoms with van der Waals surface area (Å²) in [5.41, 5.74) is 4.51. The van der Waals surface area contributed by atoms with Crippen LogP contribution in [0.3, 0.4) is 0 Å². The van der Waals surface area contributed by atoms with Gasteiger partial charge in [-0.25, -0.2) is 0 Å². The number of hydrogen-bond donors (Lipinski definition) is 0. The predicted octanol–water partition coefficient (Wildman–Crippen LogP) is 4.72. The quantitative estimate of drug-likeness (QED) is 0.632. The van der Waals surface area contributed by atoms with Crippen LogP contribution in [0, 0.1) is 0 Å². The number of rotatable bonds is 1. The third-order valence-corrected chi connectivity index (χ3v) is 3.11. The van der Waals surface area contributed by atoms with E-state index in [1.807, 2.05) is 0 Å². The topological polar surface area (TPSA) is 0 Å². The first-order chi connectivity index (χ1) is 7.57. The zero-order valence-electron chi connectivity index (χ0n) is 10.5. The average molecular weight is 212 g/mol. The van der Waals surface area contributed by atoms with Crippen molar-refractivity contribution in [2.75, 3.05) is 0 Å². The van der Waals surface area contributed by atoms with Gasteiger partial charge in [0.1, 0.15) is 0 Å². The third kappa shape index (κ3) is 2.44. The maximum absolute atomic E-state index is 2.34. The summed E-state index contributed by atoms with van der Waals surface area (Å²) in [6, 6.07) is 8.96. The van der Waals surface area contributed by atoms with E-state index < -0.39 is 0 Å². The lowest BCUT2D eigenvalue weighted by atomic mass is 9.84. The number of benzene rings is 1. The molecule has 0 fully saturated rings. The Hall–Kier alpha value is -1.30. The fourth-order valence-corrected chi connectivity index (χ4v) is 2.03. The molecule has 0 spiro atoms. The second-order valence-electron chi connectivity index (χ2n) is 5.49. The second kappa shape index (κ2) is 4.29. The average Bonchev–Trinajstić information content (AvgIpc) is 2.29. The van der Waals surface area contributed by atoms with Crippen LogP contribution in [0.1, 0.15) is 44.7 Å². The summed E-state index contributed by atoms with van der Waals surface area (Å²) in [4.78, 5) is 0. The smallest absolute Gasteiger partial charge is 0.0132 e.